The third kappa shape index (κ3) is 3.41. The SMILES string of the molecule is CCCCN1C(=O)NC(=O)/C(=C2\C=CC=c3c(cc(-c4ccccc4)n3C)=C2)C1=O. The van der Waals surface area contributed by atoms with Crippen LogP contribution in [0.25, 0.3) is 23.4 Å². The van der Waals surface area contributed by atoms with Crippen LogP contribution in [0, 0.1) is 0 Å². The number of unbranched alkanes of at least 4 members (excludes halogenated alkanes) is 1. The van der Waals surface area contributed by atoms with Gasteiger partial charge in [-0.2, -0.15) is 0 Å². The van der Waals surface area contributed by atoms with Gasteiger partial charge < -0.3 is 4.57 Å². The summed E-state index contributed by atoms with van der Waals surface area (Å²) in [6, 6.07) is 11.4. The van der Waals surface area contributed by atoms with E-state index in [4.69, 9.17) is 0 Å². The maximum absolute atomic E-state index is 13.0. The van der Waals surface area contributed by atoms with E-state index in [2.05, 4.69) is 9.88 Å². The van der Waals surface area contributed by atoms with E-state index in [0.29, 0.717) is 12.0 Å². The first-order valence-corrected chi connectivity index (χ1v) is 10.0. The van der Waals surface area contributed by atoms with Crippen molar-refractivity contribution in [2.45, 2.75) is 19.8 Å². The molecule has 1 fully saturated rings. The van der Waals surface area contributed by atoms with Crippen molar-refractivity contribution in [1.82, 2.24) is 14.8 Å². The van der Waals surface area contributed by atoms with E-state index in [9.17, 15) is 14.4 Å². The molecule has 0 spiro atoms. The normalized spacial score (nSPS) is 18.5. The number of benzene rings is 1. The van der Waals surface area contributed by atoms with Crippen molar-refractivity contribution in [1.29, 1.82) is 0 Å². The molecule has 2 aliphatic rings. The lowest BCUT2D eigenvalue weighted by atomic mass is 10.0. The Morgan fingerprint density at radius 2 is 1.83 bits per heavy atom. The molecule has 1 aliphatic heterocycles. The van der Waals surface area contributed by atoms with Gasteiger partial charge >= 0.3 is 6.03 Å². The van der Waals surface area contributed by atoms with Crippen LogP contribution in [0.2, 0.25) is 0 Å². The van der Waals surface area contributed by atoms with E-state index in [1.54, 1.807) is 6.08 Å². The van der Waals surface area contributed by atoms with Gasteiger partial charge in [0.05, 0.1) is 0 Å². The number of imide groups is 2. The molecule has 0 saturated carbocycles. The average Bonchev–Trinajstić information content (AvgIpc) is 2.90. The zero-order chi connectivity index (χ0) is 21.3. The van der Waals surface area contributed by atoms with Crippen LogP contribution in [0.4, 0.5) is 4.79 Å². The third-order valence-electron chi connectivity index (χ3n) is 5.40. The number of amides is 4. The molecule has 0 unspecified atom stereocenters. The van der Waals surface area contributed by atoms with Gasteiger partial charge in [-0.1, -0.05) is 55.8 Å². The van der Waals surface area contributed by atoms with Gasteiger partial charge in [-0.25, -0.2) is 4.79 Å². The summed E-state index contributed by atoms with van der Waals surface area (Å²) in [5.41, 5.74) is 2.60. The Labute approximate surface area is 174 Å². The molecule has 0 bridgehead atoms. The number of hydrogen-bond donors (Lipinski definition) is 1. The van der Waals surface area contributed by atoms with Crippen molar-refractivity contribution < 1.29 is 14.4 Å². The summed E-state index contributed by atoms with van der Waals surface area (Å²) in [4.78, 5) is 38.8. The molecular weight excluding hydrogens is 378 g/mol. The first kappa shape index (κ1) is 19.6. The Morgan fingerprint density at radius 1 is 1.07 bits per heavy atom. The topological polar surface area (TPSA) is 71.4 Å². The number of nitrogens with one attached hydrogen (secondary N) is 1. The highest BCUT2D eigenvalue weighted by Crippen LogP contribution is 2.19. The second-order valence-corrected chi connectivity index (χ2v) is 7.37. The number of aromatic nitrogens is 1. The van der Waals surface area contributed by atoms with E-state index in [1.807, 2.05) is 68.6 Å². The highest BCUT2D eigenvalue weighted by Gasteiger charge is 2.36. The molecule has 1 aliphatic carbocycles. The van der Waals surface area contributed by atoms with Crippen molar-refractivity contribution in [3.8, 4) is 11.3 Å². The Hall–Kier alpha value is -3.67. The summed E-state index contributed by atoms with van der Waals surface area (Å²) in [6.45, 7) is 2.27. The summed E-state index contributed by atoms with van der Waals surface area (Å²) >= 11 is 0. The summed E-state index contributed by atoms with van der Waals surface area (Å²) in [5, 5.41) is 4.18. The van der Waals surface area contributed by atoms with Gasteiger partial charge in [-0.3, -0.25) is 19.8 Å². The second kappa shape index (κ2) is 7.99. The van der Waals surface area contributed by atoms with Gasteiger partial charge in [0.25, 0.3) is 11.8 Å². The summed E-state index contributed by atoms with van der Waals surface area (Å²) in [7, 11) is 1.99. The van der Waals surface area contributed by atoms with E-state index in [-0.39, 0.29) is 12.1 Å². The lowest BCUT2D eigenvalue weighted by Crippen LogP contribution is -2.54. The minimum atomic E-state index is -0.656. The zero-order valence-electron chi connectivity index (χ0n) is 17.0. The largest absolute Gasteiger partial charge is 0.344 e. The lowest BCUT2D eigenvalue weighted by Gasteiger charge is -2.27. The van der Waals surface area contributed by atoms with Crippen molar-refractivity contribution >= 4 is 30.0 Å². The van der Waals surface area contributed by atoms with Crippen molar-refractivity contribution in [2.24, 2.45) is 7.05 Å². The predicted octanol–water partition coefficient (Wildman–Crippen LogP) is 2.00. The fourth-order valence-electron chi connectivity index (χ4n) is 3.79. The lowest BCUT2D eigenvalue weighted by molar-refractivity contribution is -0.130. The Kier molecular flexibility index (Phi) is 5.23. The number of barbiturate groups is 1. The van der Waals surface area contributed by atoms with Gasteiger partial charge in [0.1, 0.15) is 5.57 Å². The van der Waals surface area contributed by atoms with Crippen LogP contribution in [0.1, 0.15) is 19.8 Å². The molecule has 4 rings (SSSR count). The monoisotopic (exact) mass is 401 g/mol. The molecule has 6 heteroatoms. The number of carbonyl (C=O) groups is 3. The average molecular weight is 401 g/mol. The molecule has 1 aromatic carbocycles. The van der Waals surface area contributed by atoms with E-state index in [0.717, 1.165) is 33.1 Å². The third-order valence-corrected chi connectivity index (χ3v) is 5.40. The maximum atomic E-state index is 13.0. The van der Waals surface area contributed by atoms with Crippen LogP contribution >= 0.6 is 0 Å². The fourth-order valence-corrected chi connectivity index (χ4v) is 3.79. The smallest absolute Gasteiger partial charge is 0.331 e. The van der Waals surface area contributed by atoms with Gasteiger partial charge in [-0.15, -0.1) is 0 Å². The fraction of sp³-hybridized carbons (Fsp3) is 0.208. The Bertz CT molecular complexity index is 1220. The van der Waals surface area contributed by atoms with Crippen LogP contribution in [0.3, 0.4) is 0 Å². The predicted molar refractivity (Wildman–Crippen MR) is 115 cm³/mol. The molecular formula is C24H23N3O3. The first-order valence-electron chi connectivity index (χ1n) is 10.0. The highest BCUT2D eigenvalue weighted by atomic mass is 16.2. The molecule has 152 valence electrons. The van der Waals surface area contributed by atoms with Gasteiger partial charge in [-0.05, 0) is 35.8 Å². The molecule has 30 heavy (non-hydrogen) atoms. The second-order valence-electron chi connectivity index (χ2n) is 7.37. The maximum Gasteiger partial charge on any atom is 0.331 e. The van der Waals surface area contributed by atoms with Crippen LogP contribution in [-0.4, -0.2) is 33.9 Å². The van der Waals surface area contributed by atoms with E-state index in [1.165, 1.54) is 0 Å². The van der Waals surface area contributed by atoms with Crippen molar-refractivity contribution in [2.75, 3.05) is 6.54 Å². The number of hydrogen-bond acceptors (Lipinski definition) is 3. The Morgan fingerprint density at radius 3 is 2.57 bits per heavy atom. The summed E-state index contributed by atoms with van der Waals surface area (Å²) in [5.74, 6) is -1.20. The van der Waals surface area contributed by atoms with Crippen LogP contribution in [-0.2, 0) is 16.6 Å². The van der Waals surface area contributed by atoms with Crippen LogP contribution < -0.4 is 15.9 Å². The van der Waals surface area contributed by atoms with E-state index >= 15 is 0 Å². The first-order chi connectivity index (χ1) is 14.5. The molecule has 0 atom stereocenters. The van der Waals surface area contributed by atoms with Gasteiger partial charge in [0.2, 0.25) is 0 Å². The standard InChI is InChI=1S/C24H23N3O3/c1-3-4-13-27-23(29)21(22(28)25-24(27)30)17-11-8-12-19-18(14-17)15-20(26(19)2)16-9-6-5-7-10-16/h5-12,14-15H,3-4,13H2,1-2H3,(H,25,28,30)/b21-17-. The van der Waals surface area contributed by atoms with Crippen LogP contribution in [0.5, 0.6) is 0 Å². The quantitative estimate of drug-likeness (QED) is 0.629. The number of fused-ring (bicyclic) bond motifs is 1. The van der Waals surface area contributed by atoms with Crippen molar-refractivity contribution in [3.05, 3.63) is 70.3 Å². The number of allylic oxidation sites excluding steroid dienone is 3. The number of rotatable bonds is 4. The van der Waals surface area contributed by atoms with Crippen LogP contribution in [0.15, 0.2) is 59.7 Å². The molecule has 2 aromatic rings. The molecule has 2 heterocycles. The number of nitrogens with zero attached hydrogens (tertiary/aromatic N) is 2. The zero-order valence-corrected chi connectivity index (χ0v) is 17.0. The molecule has 1 N–H and O–H groups in total. The number of urea groups is 1. The molecule has 1 aromatic heterocycles. The van der Waals surface area contributed by atoms with Crippen molar-refractivity contribution in [3.63, 3.8) is 0 Å². The summed E-state index contributed by atoms with van der Waals surface area (Å²) in [6.07, 6.45) is 8.88. The van der Waals surface area contributed by atoms with E-state index < -0.39 is 17.8 Å². The summed E-state index contributed by atoms with van der Waals surface area (Å²) < 4.78 is 2.08. The molecule has 6 nitrogen and oxygen atoms in total. The highest BCUT2D eigenvalue weighted by molar-refractivity contribution is 6.30. The Balaban J connectivity index is 1.84. The van der Waals surface area contributed by atoms with Gasteiger partial charge in [0, 0.05) is 29.9 Å². The minimum Gasteiger partial charge on any atom is -0.344 e. The molecule has 4 amide bonds. The number of carbonyl (C=O) groups excluding carboxylic acids is 3. The van der Waals surface area contributed by atoms with Gasteiger partial charge in [0.15, 0.2) is 0 Å². The molecule has 0 radical (unpaired) electrons. The minimum absolute atomic E-state index is 0.00619. The molecule has 1 saturated heterocycles.